The molecule has 3 rings (SSSR count). The number of ketones is 1. The van der Waals surface area contributed by atoms with Gasteiger partial charge in [0.2, 0.25) is 5.78 Å². The second kappa shape index (κ2) is 12.1. The Kier molecular flexibility index (Phi) is 8.91. The molecule has 0 spiro atoms. The van der Waals surface area contributed by atoms with Crippen molar-refractivity contribution < 1.29 is 33.3 Å². The van der Waals surface area contributed by atoms with E-state index >= 15 is 0 Å². The number of ether oxygens (including phenoxy) is 4. The van der Waals surface area contributed by atoms with Crippen LogP contribution in [0.5, 0.6) is 23.0 Å². The topological polar surface area (TPSA) is 112 Å². The average Bonchev–Trinajstić information content (AvgIpc) is 2.91. The Morgan fingerprint density at radius 1 is 0.611 bits per heavy atom. The van der Waals surface area contributed by atoms with Gasteiger partial charge in [0.1, 0.15) is 0 Å². The highest BCUT2D eigenvalue weighted by Gasteiger charge is 2.26. The monoisotopic (exact) mass is 556 g/mol. The molecule has 0 aliphatic heterocycles. The molecule has 0 heterocycles. The van der Waals surface area contributed by atoms with Crippen LogP contribution in [0.15, 0.2) is 65.1 Å². The predicted octanol–water partition coefficient (Wildman–Crippen LogP) is 3.85. The van der Waals surface area contributed by atoms with E-state index < -0.39 is 23.8 Å². The first-order chi connectivity index (χ1) is 17.3. The zero-order valence-electron chi connectivity index (χ0n) is 20.1. The third kappa shape index (κ3) is 6.14. The van der Waals surface area contributed by atoms with Crippen molar-refractivity contribution in [3.63, 3.8) is 0 Å². The van der Waals surface area contributed by atoms with Gasteiger partial charge in [0, 0.05) is 21.2 Å². The van der Waals surface area contributed by atoms with E-state index in [1.807, 2.05) is 0 Å². The molecule has 0 aliphatic rings. The fraction of sp³-hybridized carbons (Fsp3) is 0.192. The molecule has 3 aromatic rings. The Hall–Kier alpha value is -4.05. The second-order valence-electron chi connectivity index (χ2n) is 7.39. The van der Waals surface area contributed by atoms with Crippen LogP contribution in [0.25, 0.3) is 0 Å². The van der Waals surface area contributed by atoms with Gasteiger partial charge in [-0.15, -0.1) is 0 Å². The highest BCUT2D eigenvalue weighted by atomic mass is 79.9. The number of rotatable bonds is 10. The van der Waals surface area contributed by atoms with Crippen LogP contribution in [0.2, 0.25) is 0 Å². The highest BCUT2D eigenvalue weighted by Crippen LogP contribution is 2.28. The number of hydrogen-bond acceptors (Lipinski definition) is 7. The molecule has 2 N–H and O–H groups in total. The van der Waals surface area contributed by atoms with E-state index in [4.69, 9.17) is 18.9 Å². The second-order valence-corrected chi connectivity index (χ2v) is 8.31. The van der Waals surface area contributed by atoms with E-state index in [-0.39, 0.29) is 11.1 Å². The molecule has 0 saturated carbocycles. The summed E-state index contributed by atoms with van der Waals surface area (Å²) >= 11 is 3.33. The molecule has 10 heteroatoms. The minimum absolute atomic E-state index is 0.210. The number of carbonyl (C=O) groups is 3. The first-order valence-electron chi connectivity index (χ1n) is 10.7. The van der Waals surface area contributed by atoms with Crippen molar-refractivity contribution in [3.05, 3.63) is 81.8 Å². The maximum Gasteiger partial charge on any atom is 0.253 e. The number of carbonyl (C=O) groups excluding carboxylic acids is 3. The molecule has 9 nitrogen and oxygen atoms in total. The van der Waals surface area contributed by atoms with Crippen LogP contribution in [-0.2, 0) is 0 Å². The van der Waals surface area contributed by atoms with Gasteiger partial charge in [-0.2, -0.15) is 0 Å². The first kappa shape index (κ1) is 26.6. The maximum absolute atomic E-state index is 13.3. The number of methoxy groups -OCH3 is 4. The van der Waals surface area contributed by atoms with E-state index in [0.717, 1.165) is 4.47 Å². The summed E-state index contributed by atoms with van der Waals surface area (Å²) in [6.07, 6.45) is -1.37. The SMILES string of the molecule is COc1ccc(C(=O)NC(NC(=O)c2ccc(OC)c(OC)c2)C(=O)c2ccc(Br)cc2)cc1OC. The summed E-state index contributed by atoms with van der Waals surface area (Å²) in [5.41, 5.74) is 0.715. The summed E-state index contributed by atoms with van der Waals surface area (Å²) < 4.78 is 21.7. The van der Waals surface area contributed by atoms with Crippen LogP contribution in [0.3, 0.4) is 0 Å². The minimum Gasteiger partial charge on any atom is -0.493 e. The number of amides is 2. The smallest absolute Gasteiger partial charge is 0.253 e. The maximum atomic E-state index is 13.3. The van der Waals surface area contributed by atoms with Gasteiger partial charge in [-0.25, -0.2) is 0 Å². The molecular weight excluding hydrogens is 532 g/mol. The third-order valence-electron chi connectivity index (χ3n) is 5.23. The van der Waals surface area contributed by atoms with Crippen molar-refractivity contribution in [2.75, 3.05) is 28.4 Å². The molecule has 0 aliphatic carbocycles. The first-order valence-corrected chi connectivity index (χ1v) is 11.5. The van der Waals surface area contributed by atoms with Gasteiger partial charge in [0.15, 0.2) is 29.2 Å². The summed E-state index contributed by atoms with van der Waals surface area (Å²) in [5, 5.41) is 5.20. The number of nitrogens with one attached hydrogen (secondary N) is 2. The van der Waals surface area contributed by atoms with Gasteiger partial charge >= 0.3 is 0 Å². The average molecular weight is 557 g/mol. The minimum atomic E-state index is -1.37. The van der Waals surface area contributed by atoms with Crippen molar-refractivity contribution >= 4 is 33.5 Å². The lowest BCUT2D eigenvalue weighted by Gasteiger charge is -2.20. The number of benzene rings is 3. The zero-order chi connectivity index (χ0) is 26.2. The van der Waals surface area contributed by atoms with E-state index in [1.165, 1.54) is 52.7 Å². The molecule has 2 amide bonds. The quantitative estimate of drug-likeness (QED) is 0.288. The summed E-state index contributed by atoms with van der Waals surface area (Å²) in [6.45, 7) is 0. The van der Waals surface area contributed by atoms with Crippen LogP contribution in [0.4, 0.5) is 0 Å². The molecule has 0 atom stereocenters. The lowest BCUT2D eigenvalue weighted by molar-refractivity contribution is 0.0791. The van der Waals surface area contributed by atoms with Gasteiger partial charge < -0.3 is 29.6 Å². The Bertz CT molecular complexity index is 1190. The van der Waals surface area contributed by atoms with Crippen LogP contribution in [0, 0.1) is 0 Å². The molecule has 188 valence electrons. The molecule has 0 fully saturated rings. The Morgan fingerprint density at radius 3 is 1.39 bits per heavy atom. The van der Waals surface area contributed by atoms with E-state index in [0.29, 0.717) is 28.6 Å². The van der Waals surface area contributed by atoms with Crippen molar-refractivity contribution in [1.82, 2.24) is 10.6 Å². The van der Waals surface area contributed by atoms with Crippen LogP contribution in [0.1, 0.15) is 31.1 Å². The van der Waals surface area contributed by atoms with Gasteiger partial charge in [0.05, 0.1) is 28.4 Å². The van der Waals surface area contributed by atoms with E-state index in [2.05, 4.69) is 26.6 Å². The molecule has 0 unspecified atom stereocenters. The van der Waals surface area contributed by atoms with Gasteiger partial charge in [-0.05, 0) is 48.5 Å². The molecule has 3 aromatic carbocycles. The number of halogens is 1. The third-order valence-corrected chi connectivity index (χ3v) is 5.76. The van der Waals surface area contributed by atoms with Gasteiger partial charge in [-0.1, -0.05) is 28.1 Å². The fourth-order valence-corrected chi connectivity index (χ4v) is 3.60. The molecule has 0 saturated heterocycles. The normalized spacial score (nSPS) is 10.4. The summed E-state index contributed by atoms with van der Waals surface area (Å²) in [7, 11) is 5.86. The van der Waals surface area contributed by atoms with Crippen molar-refractivity contribution in [3.8, 4) is 23.0 Å². The lowest BCUT2D eigenvalue weighted by Crippen LogP contribution is -2.52. The fourth-order valence-electron chi connectivity index (χ4n) is 3.33. The Balaban J connectivity index is 1.91. The molecule has 0 bridgehead atoms. The van der Waals surface area contributed by atoms with Crippen LogP contribution < -0.4 is 29.6 Å². The van der Waals surface area contributed by atoms with Crippen molar-refractivity contribution in [2.24, 2.45) is 0 Å². The summed E-state index contributed by atoms with van der Waals surface area (Å²) in [4.78, 5) is 39.4. The highest BCUT2D eigenvalue weighted by molar-refractivity contribution is 9.10. The van der Waals surface area contributed by atoms with Gasteiger partial charge in [0.25, 0.3) is 11.8 Å². The zero-order valence-corrected chi connectivity index (χ0v) is 21.7. The van der Waals surface area contributed by atoms with Gasteiger partial charge in [-0.3, -0.25) is 14.4 Å². The van der Waals surface area contributed by atoms with Crippen molar-refractivity contribution in [2.45, 2.75) is 6.17 Å². The Morgan fingerprint density at radius 2 is 1.00 bits per heavy atom. The molecule has 0 radical (unpaired) electrons. The lowest BCUT2D eigenvalue weighted by atomic mass is 10.1. The molecule has 36 heavy (non-hydrogen) atoms. The number of hydrogen-bond donors (Lipinski definition) is 2. The Labute approximate surface area is 216 Å². The summed E-state index contributed by atoms with van der Waals surface area (Å²) in [5.74, 6) is -0.134. The predicted molar refractivity (Wildman–Crippen MR) is 136 cm³/mol. The standard InChI is InChI=1S/C26H25BrN2O7/c1-33-19-11-7-16(13-21(19)35-3)25(31)28-24(23(30)15-5-9-18(27)10-6-15)29-26(32)17-8-12-20(34-2)22(14-17)36-4/h5-14,24H,1-4H3,(H,28,31)(H,29,32). The molecule has 0 aromatic heterocycles. The van der Waals surface area contributed by atoms with E-state index in [9.17, 15) is 14.4 Å². The van der Waals surface area contributed by atoms with E-state index in [1.54, 1.807) is 36.4 Å². The molecular formula is C26H25BrN2O7. The number of Topliss-reactive ketones (excluding diaryl/α,β-unsaturated/α-hetero) is 1. The van der Waals surface area contributed by atoms with Crippen molar-refractivity contribution in [1.29, 1.82) is 0 Å². The largest absolute Gasteiger partial charge is 0.493 e. The summed E-state index contributed by atoms with van der Waals surface area (Å²) in [6, 6.07) is 15.7. The van der Waals surface area contributed by atoms with Crippen LogP contribution >= 0.6 is 15.9 Å². The van der Waals surface area contributed by atoms with Crippen LogP contribution in [-0.4, -0.2) is 52.2 Å².